The average molecular weight is 336 g/mol. The van der Waals surface area contributed by atoms with E-state index in [0.717, 1.165) is 18.6 Å². The number of aromatic nitrogens is 2. The zero-order valence-electron chi connectivity index (χ0n) is 12.6. The Morgan fingerprint density at radius 3 is 2.61 bits per heavy atom. The van der Waals surface area contributed by atoms with E-state index in [0.29, 0.717) is 30.3 Å². The molecule has 0 saturated carbocycles. The molecule has 2 N–H and O–H groups in total. The van der Waals surface area contributed by atoms with Crippen molar-refractivity contribution in [1.82, 2.24) is 14.3 Å². The molecular formula is C15H17FN4O2S. The van der Waals surface area contributed by atoms with E-state index >= 15 is 0 Å². The van der Waals surface area contributed by atoms with Gasteiger partial charge in [-0.3, -0.25) is 0 Å². The summed E-state index contributed by atoms with van der Waals surface area (Å²) in [5.41, 5.74) is 6.34. The molecule has 0 radical (unpaired) electrons. The fourth-order valence-corrected chi connectivity index (χ4v) is 4.52. The largest absolute Gasteiger partial charge is 0.384 e. The highest BCUT2D eigenvalue weighted by Crippen LogP contribution is 2.36. The minimum absolute atomic E-state index is 0.0737. The first-order valence-electron chi connectivity index (χ1n) is 7.26. The number of benzene rings is 1. The number of anilines is 1. The fraction of sp³-hybridized carbons (Fsp3) is 0.333. The highest BCUT2D eigenvalue weighted by Gasteiger charge is 2.37. The summed E-state index contributed by atoms with van der Waals surface area (Å²) < 4.78 is 40.1. The van der Waals surface area contributed by atoms with Crippen molar-refractivity contribution >= 4 is 15.8 Å². The van der Waals surface area contributed by atoms with Crippen molar-refractivity contribution in [2.45, 2.75) is 30.7 Å². The summed E-state index contributed by atoms with van der Waals surface area (Å²) in [6.45, 7) is 2.11. The number of hydrogen-bond donors (Lipinski definition) is 1. The lowest BCUT2D eigenvalue weighted by Gasteiger charge is -2.24. The number of nitrogens with zero attached hydrogens (tertiary/aromatic N) is 3. The smallest absolute Gasteiger partial charge is 0.243 e. The van der Waals surface area contributed by atoms with Gasteiger partial charge in [0.05, 0.1) is 16.6 Å². The molecule has 1 atom stereocenters. The number of rotatable bonds is 3. The summed E-state index contributed by atoms with van der Waals surface area (Å²) in [5.74, 6) is 0.352. The lowest BCUT2D eigenvalue weighted by atomic mass is 10.1. The molecule has 23 heavy (non-hydrogen) atoms. The van der Waals surface area contributed by atoms with Gasteiger partial charge in [-0.2, -0.15) is 4.31 Å². The van der Waals surface area contributed by atoms with Gasteiger partial charge in [-0.25, -0.2) is 22.8 Å². The Kier molecular flexibility index (Phi) is 4.03. The topological polar surface area (TPSA) is 89.2 Å². The van der Waals surface area contributed by atoms with Gasteiger partial charge in [0.1, 0.15) is 17.5 Å². The number of aryl methyl sites for hydroxylation is 1. The molecular weight excluding hydrogens is 319 g/mol. The van der Waals surface area contributed by atoms with Crippen molar-refractivity contribution in [3.8, 4) is 0 Å². The maximum Gasteiger partial charge on any atom is 0.243 e. The summed E-state index contributed by atoms with van der Waals surface area (Å²) in [6.07, 6.45) is 1.39. The van der Waals surface area contributed by atoms with Crippen LogP contribution >= 0.6 is 0 Å². The summed E-state index contributed by atoms with van der Waals surface area (Å²) >= 11 is 0. The van der Waals surface area contributed by atoms with Crippen LogP contribution in [0.5, 0.6) is 0 Å². The van der Waals surface area contributed by atoms with Crippen LogP contribution in [-0.2, 0) is 10.0 Å². The second kappa shape index (κ2) is 5.86. The van der Waals surface area contributed by atoms with Crippen LogP contribution in [-0.4, -0.2) is 29.2 Å². The minimum atomic E-state index is -3.71. The molecule has 1 fully saturated rings. The van der Waals surface area contributed by atoms with Crippen LogP contribution in [0, 0.1) is 12.7 Å². The predicted octanol–water partition coefficient (Wildman–Crippen LogP) is 2.03. The number of halogens is 1. The average Bonchev–Trinajstić information content (AvgIpc) is 2.97. The van der Waals surface area contributed by atoms with E-state index in [2.05, 4.69) is 9.97 Å². The van der Waals surface area contributed by atoms with E-state index in [4.69, 9.17) is 5.73 Å². The summed E-state index contributed by atoms with van der Waals surface area (Å²) in [7, 11) is -3.71. The van der Waals surface area contributed by atoms with Gasteiger partial charge in [-0.15, -0.1) is 0 Å². The van der Waals surface area contributed by atoms with Gasteiger partial charge in [0.25, 0.3) is 0 Å². The molecule has 2 aromatic rings. The Morgan fingerprint density at radius 1 is 1.26 bits per heavy atom. The van der Waals surface area contributed by atoms with E-state index in [1.807, 2.05) is 0 Å². The number of nitrogen functional groups attached to an aromatic ring is 1. The van der Waals surface area contributed by atoms with Gasteiger partial charge in [0.2, 0.25) is 10.0 Å². The maximum atomic E-state index is 13.0. The van der Waals surface area contributed by atoms with Crippen LogP contribution in [0.25, 0.3) is 0 Å². The highest BCUT2D eigenvalue weighted by molar-refractivity contribution is 7.89. The quantitative estimate of drug-likeness (QED) is 0.926. The highest BCUT2D eigenvalue weighted by atomic mass is 32.2. The molecule has 1 aromatic carbocycles. The molecule has 3 rings (SSSR count). The maximum absolute atomic E-state index is 13.0. The SMILES string of the molecule is Cc1nc(N)cc(C2CCCN2S(=O)(=O)c2ccc(F)cc2)n1. The molecule has 1 aliphatic rings. The molecule has 0 amide bonds. The van der Waals surface area contributed by atoms with Gasteiger partial charge in [0.15, 0.2) is 0 Å². The first kappa shape index (κ1) is 15.8. The normalized spacial score (nSPS) is 19.1. The Balaban J connectivity index is 1.99. The predicted molar refractivity (Wildman–Crippen MR) is 83.4 cm³/mol. The first-order chi connectivity index (χ1) is 10.9. The second-order valence-electron chi connectivity index (χ2n) is 5.49. The van der Waals surface area contributed by atoms with E-state index in [-0.39, 0.29) is 10.9 Å². The van der Waals surface area contributed by atoms with Crippen LogP contribution in [0.1, 0.15) is 30.4 Å². The molecule has 122 valence electrons. The Labute approximate surface area is 134 Å². The van der Waals surface area contributed by atoms with Gasteiger partial charge in [-0.1, -0.05) is 0 Å². The Bertz CT molecular complexity index is 804. The van der Waals surface area contributed by atoms with E-state index in [1.54, 1.807) is 13.0 Å². The second-order valence-corrected chi connectivity index (χ2v) is 7.38. The van der Waals surface area contributed by atoms with Crippen molar-refractivity contribution in [2.75, 3.05) is 12.3 Å². The first-order valence-corrected chi connectivity index (χ1v) is 8.70. The zero-order chi connectivity index (χ0) is 16.6. The molecule has 1 saturated heterocycles. The van der Waals surface area contributed by atoms with Crippen LogP contribution in [0.2, 0.25) is 0 Å². The molecule has 0 bridgehead atoms. The third kappa shape index (κ3) is 3.04. The fourth-order valence-electron chi connectivity index (χ4n) is 2.85. The van der Waals surface area contributed by atoms with Crippen molar-refractivity contribution < 1.29 is 12.8 Å². The van der Waals surface area contributed by atoms with E-state index in [1.165, 1.54) is 16.4 Å². The third-order valence-corrected chi connectivity index (χ3v) is 5.77. The standard InChI is InChI=1S/C15H17FN4O2S/c1-10-18-13(9-15(17)19-10)14-3-2-8-20(14)23(21,22)12-6-4-11(16)5-7-12/h4-7,9,14H,2-3,8H2,1H3,(H2,17,18,19). The van der Waals surface area contributed by atoms with Gasteiger partial charge >= 0.3 is 0 Å². The van der Waals surface area contributed by atoms with Crippen LogP contribution in [0.4, 0.5) is 10.2 Å². The Hall–Kier alpha value is -2.06. The van der Waals surface area contributed by atoms with Crippen molar-refractivity contribution in [2.24, 2.45) is 0 Å². The summed E-state index contributed by atoms with van der Waals surface area (Å²) in [4.78, 5) is 8.42. The van der Waals surface area contributed by atoms with Crippen molar-refractivity contribution in [3.63, 3.8) is 0 Å². The van der Waals surface area contributed by atoms with Crippen molar-refractivity contribution in [1.29, 1.82) is 0 Å². The lowest BCUT2D eigenvalue weighted by molar-refractivity contribution is 0.389. The number of hydrogen-bond acceptors (Lipinski definition) is 5. The van der Waals surface area contributed by atoms with Gasteiger partial charge < -0.3 is 5.73 Å². The van der Waals surface area contributed by atoms with Gasteiger partial charge in [-0.05, 0) is 44.0 Å². The molecule has 2 heterocycles. The minimum Gasteiger partial charge on any atom is -0.384 e. The van der Waals surface area contributed by atoms with Gasteiger partial charge in [0, 0.05) is 12.6 Å². The number of nitrogens with two attached hydrogens (primary N) is 1. The lowest BCUT2D eigenvalue weighted by Crippen LogP contribution is -2.31. The molecule has 0 aliphatic carbocycles. The molecule has 0 spiro atoms. The molecule has 1 unspecified atom stereocenters. The van der Waals surface area contributed by atoms with E-state index in [9.17, 15) is 12.8 Å². The van der Waals surface area contributed by atoms with E-state index < -0.39 is 15.8 Å². The molecule has 8 heteroatoms. The summed E-state index contributed by atoms with van der Waals surface area (Å²) in [6, 6.07) is 6.07. The monoisotopic (exact) mass is 336 g/mol. The van der Waals surface area contributed by atoms with Crippen molar-refractivity contribution in [3.05, 3.63) is 47.7 Å². The third-order valence-electron chi connectivity index (χ3n) is 3.84. The molecule has 1 aromatic heterocycles. The molecule has 6 nitrogen and oxygen atoms in total. The van der Waals surface area contributed by atoms with Crippen LogP contribution < -0.4 is 5.73 Å². The molecule has 1 aliphatic heterocycles. The van der Waals surface area contributed by atoms with Crippen LogP contribution in [0.3, 0.4) is 0 Å². The zero-order valence-corrected chi connectivity index (χ0v) is 13.4. The Morgan fingerprint density at radius 2 is 1.96 bits per heavy atom. The van der Waals surface area contributed by atoms with Crippen LogP contribution in [0.15, 0.2) is 35.2 Å². The summed E-state index contributed by atoms with van der Waals surface area (Å²) in [5, 5.41) is 0. The number of sulfonamides is 1.